The van der Waals surface area contributed by atoms with Gasteiger partial charge in [0.2, 0.25) is 0 Å². The van der Waals surface area contributed by atoms with Gasteiger partial charge in [-0.2, -0.15) is 0 Å². The van der Waals surface area contributed by atoms with Gasteiger partial charge in [0.15, 0.2) is 0 Å². The fraction of sp³-hybridized carbons (Fsp3) is 0.280. The average Bonchev–Trinajstić information content (AvgIpc) is 3.14. The van der Waals surface area contributed by atoms with Crippen molar-refractivity contribution in [2.75, 3.05) is 10.6 Å². The maximum absolute atomic E-state index is 4.29. The third kappa shape index (κ3) is 7.30. The van der Waals surface area contributed by atoms with Crippen LogP contribution in [0.2, 0.25) is 0 Å². The molecule has 0 heterocycles. The Hall–Kier alpha value is -5.08. The number of hydrogen-bond donors (Lipinski definition) is 2. The van der Waals surface area contributed by atoms with E-state index in [1.54, 1.807) is 0 Å². The summed E-state index contributed by atoms with van der Waals surface area (Å²) in [6, 6.07) is 46.8. The number of para-hydroxylation sites is 2. The topological polar surface area (TPSA) is 24.1 Å². The predicted octanol–water partition coefficient (Wildman–Crippen LogP) is 11.7. The van der Waals surface area contributed by atoms with Crippen molar-refractivity contribution in [1.82, 2.24) is 0 Å². The summed E-state index contributed by atoms with van der Waals surface area (Å²) in [7, 11) is 0. The first-order chi connectivity index (χ1) is 25.4. The minimum atomic E-state index is -0.0298. The number of benzene rings is 6. The summed E-state index contributed by atoms with van der Waals surface area (Å²) in [6.07, 6.45) is 8.19. The van der Waals surface area contributed by atoms with Crippen molar-refractivity contribution in [2.24, 2.45) is 0 Å². The summed E-state index contributed by atoms with van der Waals surface area (Å²) in [4.78, 5) is 0. The van der Waals surface area contributed by atoms with Crippen LogP contribution in [0.15, 0.2) is 121 Å². The molecule has 0 unspecified atom stereocenters. The first-order valence-corrected chi connectivity index (χ1v) is 19.4. The first kappa shape index (κ1) is 34.0. The summed E-state index contributed by atoms with van der Waals surface area (Å²) in [5.41, 5.74) is 21.7. The van der Waals surface area contributed by atoms with Crippen molar-refractivity contribution in [3.63, 3.8) is 0 Å². The third-order valence-corrected chi connectivity index (χ3v) is 11.8. The molecule has 2 heteroatoms. The van der Waals surface area contributed by atoms with Gasteiger partial charge >= 0.3 is 0 Å². The summed E-state index contributed by atoms with van der Waals surface area (Å²) >= 11 is 0. The van der Waals surface area contributed by atoms with Crippen LogP contribution in [0.4, 0.5) is 11.4 Å². The number of hydrogen-bond acceptors (Lipinski definition) is 2. The number of nitrogens with one attached hydrogen (secondary N) is 2. The molecule has 0 fully saturated rings. The Kier molecular flexibility index (Phi) is 9.74. The van der Waals surface area contributed by atoms with E-state index in [0.29, 0.717) is 0 Å². The van der Waals surface area contributed by atoms with Crippen LogP contribution in [-0.4, -0.2) is 0 Å². The van der Waals surface area contributed by atoms with Crippen LogP contribution in [0, 0.1) is 27.7 Å². The van der Waals surface area contributed by atoms with E-state index in [1.165, 1.54) is 89.3 Å². The van der Waals surface area contributed by atoms with E-state index in [-0.39, 0.29) is 12.1 Å². The van der Waals surface area contributed by atoms with Gasteiger partial charge in [-0.15, -0.1) is 0 Å². The maximum Gasteiger partial charge on any atom is 0.0760 e. The highest BCUT2D eigenvalue weighted by Gasteiger charge is 2.31. The Bertz CT molecular complexity index is 1990. The van der Waals surface area contributed by atoms with E-state index >= 15 is 0 Å². The molecule has 8 aliphatic carbocycles. The molecule has 6 aromatic rings. The zero-order chi connectivity index (χ0) is 35.6. The van der Waals surface area contributed by atoms with Crippen LogP contribution in [0.25, 0.3) is 0 Å². The zero-order valence-electron chi connectivity index (χ0n) is 31.4. The minimum Gasteiger partial charge on any atom is -0.375 e. The van der Waals surface area contributed by atoms with Crippen molar-refractivity contribution in [1.29, 1.82) is 0 Å². The first-order valence-electron chi connectivity index (χ1n) is 19.4. The standard InChI is InChI=1S/C50H52N2/c1-33-7-5-8-34(2)47(33)51-49(45-31-41-21-19-37-11-15-39(16-12-37)23-27-43(45)29-25-41)50(52-48-35(3)9-6-10-36(48)4)46-32-42-22-20-38-13-17-40(18-14-38)24-28-44(46)30-26-42/h5-18,25-26,29-32,49-52H,19-24,27-28H2,1-4H3/t49-,50-/m1/s1. The normalized spacial score (nSPS) is 14.9. The molecule has 8 aliphatic rings. The van der Waals surface area contributed by atoms with Crippen LogP contribution in [0.3, 0.4) is 0 Å². The van der Waals surface area contributed by atoms with Crippen LogP contribution in [-0.2, 0) is 51.4 Å². The fourth-order valence-electron chi connectivity index (χ4n) is 8.59. The molecular weight excluding hydrogens is 629 g/mol. The highest BCUT2D eigenvalue weighted by atomic mass is 15.0. The van der Waals surface area contributed by atoms with E-state index in [1.807, 2.05) is 0 Å². The molecule has 0 aliphatic heterocycles. The van der Waals surface area contributed by atoms with Gasteiger partial charge in [0.05, 0.1) is 12.1 Å². The van der Waals surface area contributed by atoms with Crippen LogP contribution >= 0.6 is 0 Å². The van der Waals surface area contributed by atoms with E-state index in [2.05, 4.69) is 160 Å². The SMILES string of the molecule is Cc1cccc(C)c1N[C@H](c1cc2ccc1CCc1ccc(cc1)CC2)[C@H](Nc1c(C)cccc1C)c1cc2ccc1CCc1ccc(cc1)CC2. The van der Waals surface area contributed by atoms with Crippen molar-refractivity contribution in [3.05, 3.63) is 199 Å². The van der Waals surface area contributed by atoms with Crippen molar-refractivity contribution < 1.29 is 0 Å². The number of anilines is 2. The molecular formula is C50H52N2. The van der Waals surface area contributed by atoms with E-state index in [4.69, 9.17) is 0 Å². The highest BCUT2D eigenvalue weighted by Crippen LogP contribution is 2.42. The van der Waals surface area contributed by atoms with Gasteiger partial charge in [-0.3, -0.25) is 0 Å². The summed E-state index contributed by atoms with van der Waals surface area (Å²) in [6.45, 7) is 9.01. The molecule has 52 heavy (non-hydrogen) atoms. The lowest BCUT2D eigenvalue weighted by atomic mass is 9.82. The Morgan fingerprint density at radius 3 is 0.981 bits per heavy atom. The van der Waals surface area contributed by atoms with Crippen LogP contribution in [0.5, 0.6) is 0 Å². The third-order valence-electron chi connectivity index (χ3n) is 11.8. The van der Waals surface area contributed by atoms with E-state index in [0.717, 1.165) is 51.4 Å². The molecule has 8 bridgehead atoms. The lowest BCUT2D eigenvalue weighted by Gasteiger charge is -2.36. The summed E-state index contributed by atoms with van der Waals surface area (Å²) in [5.74, 6) is 0. The minimum absolute atomic E-state index is 0.0298. The summed E-state index contributed by atoms with van der Waals surface area (Å²) in [5, 5.41) is 8.58. The molecule has 0 spiro atoms. The molecule has 0 saturated heterocycles. The maximum atomic E-state index is 4.29. The second-order valence-electron chi connectivity index (χ2n) is 15.5. The molecule has 6 aromatic carbocycles. The Morgan fingerprint density at radius 2 is 0.635 bits per heavy atom. The van der Waals surface area contributed by atoms with Gasteiger partial charge in [-0.1, -0.05) is 121 Å². The van der Waals surface area contributed by atoms with Gasteiger partial charge < -0.3 is 10.6 Å². The molecule has 2 N–H and O–H groups in total. The van der Waals surface area contributed by atoms with Gasteiger partial charge in [-0.05, 0) is 157 Å². The van der Waals surface area contributed by atoms with Gasteiger partial charge in [0.1, 0.15) is 0 Å². The van der Waals surface area contributed by atoms with Crippen molar-refractivity contribution in [3.8, 4) is 0 Å². The molecule has 262 valence electrons. The van der Waals surface area contributed by atoms with Crippen LogP contribution in [0.1, 0.15) is 90.0 Å². The van der Waals surface area contributed by atoms with Gasteiger partial charge in [0.25, 0.3) is 0 Å². The van der Waals surface area contributed by atoms with Crippen molar-refractivity contribution in [2.45, 2.75) is 91.1 Å². The summed E-state index contributed by atoms with van der Waals surface area (Å²) < 4.78 is 0. The molecule has 0 radical (unpaired) electrons. The Balaban J connectivity index is 1.34. The lowest BCUT2D eigenvalue weighted by molar-refractivity contribution is 0.631. The lowest BCUT2D eigenvalue weighted by Crippen LogP contribution is -2.29. The quantitative estimate of drug-likeness (QED) is 0.175. The largest absolute Gasteiger partial charge is 0.375 e. The molecule has 2 nitrogen and oxygen atoms in total. The smallest absolute Gasteiger partial charge is 0.0760 e. The number of rotatable bonds is 7. The van der Waals surface area contributed by atoms with Gasteiger partial charge in [-0.25, -0.2) is 0 Å². The predicted molar refractivity (Wildman–Crippen MR) is 220 cm³/mol. The van der Waals surface area contributed by atoms with Crippen LogP contribution < -0.4 is 10.6 Å². The second kappa shape index (κ2) is 14.9. The molecule has 0 amide bonds. The Morgan fingerprint density at radius 1 is 0.346 bits per heavy atom. The highest BCUT2D eigenvalue weighted by molar-refractivity contribution is 5.63. The van der Waals surface area contributed by atoms with Gasteiger partial charge in [0, 0.05) is 11.4 Å². The Labute approximate surface area is 311 Å². The molecule has 2 atom stereocenters. The number of aryl methyl sites for hydroxylation is 12. The molecule has 14 rings (SSSR count). The fourth-order valence-corrected chi connectivity index (χ4v) is 8.59. The molecule has 0 aromatic heterocycles. The average molecular weight is 681 g/mol. The second-order valence-corrected chi connectivity index (χ2v) is 15.5. The van der Waals surface area contributed by atoms with E-state index in [9.17, 15) is 0 Å². The monoisotopic (exact) mass is 680 g/mol. The van der Waals surface area contributed by atoms with Crippen molar-refractivity contribution >= 4 is 11.4 Å². The zero-order valence-corrected chi connectivity index (χ0v) is 31.4. The van der Waals surface area contributed by atoms with E-state index < -0.39 is 0 Å². The molecule has 0 saturated carbocycles.